The second-order valence-corrected chi connectivity index (χ2v) is 4.02. The quantitative estimate of drug-likeness (QED) is 0.493. The summed E-state index contributed by atoms with van der Waals surface area (Å²) < 4.78 is 0. The summed E-state index contributed by atoms with van der Waals surface area (Å²) in [6, 6.07) is 0. The predicted molar refractivity (Wildman–Crippen MR) is 61.1 cm³/mol. The molecule has 0 heterocycles. The van der Waals surface area contributed by atoms with E-state index in [2.05, 4.69) is 31.3 Å². The number of hydrogen-bond donors (Lipinski definition) is 1. The molecule has 2 nitrogen and oxygen atoms in total. The highest BCUT2D eigenvalue weighted by Gasteiger charge is 1.95. The lowest BCUT2D eigenvalue weighted by molar-refractivity contribution is -0.120. The van der Waals surface area contributed by atoms with Crippen LogP contribution in [0.3, 0.4) is 0 Å². The molecule has 82 valence electrons. The van der Waals surface area contributed by atoms with Crippen molar-refractivity contribution in [2.45, 2.75) is 46.0 Å². The van der Waals surface area contributed by atoms with Gasteiger partial charge in [-0.25, -0.2) is 0 Å². The molecular weight excluding hydrogens is 174 g/mol. The van der Waals surface area contributed by atoms with E-state index >= 15 is 0 Å². The van der Waals surface area contributed by atoms with Crippen LogP contribution in [0, 0.1) is 5.92 Å². The van der Waals surface area contributed by atoms with Gasteiger partial charge in [-0.05, 0) is 31.6 Å². The van der Waals surface area contributed by atoms with E-state index in [0.29, 0.717) is 6.42 Å². The Morgan fingerprint density at radius 2 is 2.00 bits per heavy atom. The third-order valence-electron chi connectivity index (χ3n) is 2.08. The molecule has 0 saturated heterocycles. The number of allylic oxidation sites excluding steroid dienone is 2. The normalized spacial score (nSPS) is 11.1. The Balaban J connectivity index is 3.21. The highest BCUT2D eigenvalue weighted by atomic mass is 16.1. The van der Waals surface area contributed by atoms with Crippen molar-refractivity contribution in [3.05, 3.63) is 12.2 Å². The van der Waals surface area contributed by atoms with Crippen LogP contribution < -0.4 is 5.32 Å². The van der Waals surface area contributed by atoms with Crippen molar-refractivity contribution >= 4 is 5.91 Å². The summed E-state index contributed by atoms with van der Waals surface area (Å²) in [5, 5.41) is 2.63. The Morgan fingerprint density at radius 1 is 1.29 bits per heavy atom. The molecule has 1 N–H and O–H groups in total. The van der Waals surface area contributed by atoms with E-state index in [-0.39, 0.29) is 5.91 Å². The molecule has 0 aliphatic heterocycles. The van der Waals surface area contributed by atoms with Gasteiger partial charge in [-0.15, -0.1) is 0 Å². The molecule has 0 aromatic rings. The summed E-state index contributed by atoms with van der Waals surface area (Å²) in [6.45, 7) is 4.44. The monoisotopic (exact) mass is 197 g/mol. The largest absolute Gasteiger partial charge is 0.359 e. The summed E-state index contributed by atoms with van der Waals surface area (Å²) >= 11 is 0. The molecule has 0 radical (unpaired) electrons. The van der Waals surface area contributed by atoms with Crippen molar-refractivity contribution < 1.29 is 4.79 Å². The fourth-order valence-electron chi connectivity index (χ4n) is 1.16. The Bertz CT molecular complexity index is 173. The number of nitrogens with one attached hydrogen (secondary N) is 1. The van der Waals surface area contributed by atoms with Gasteiger partial charge in [-0.1, -0.05) is 26.0 Å². The third-order valence-corrected chi connectivity index (χ3v) is 2.08. The predicted octanol–water partition coefficient (Wildman–Crippen LogP) is 2.90. The average Bonchev–Trinajstić information content (AvgIpc) is 2.15. The number of hydrogen-bond acceptors (Lipinski definition) is 1. The van der Waals surface area contributed by atoms with E-state index in [4.69, 9.17) is 0 Å². The van der Waals surface area contributed by atoms with Gasteiger partial charge in [0.25, 0.3) is 0 Å². The molecule has 0 aliphatic carbocycles. The smallest absolute Gasteiger partial charge is 0.219 e. The van der Waals surface area contributed by atoms with Gasteiger partial charge in [0.1, 0.15) is 0 Å². The summed E-state index contributed by atoms with van der Waals surface area (Å²) in [5.41, 5.74) is 0. The van der Waals surface area contributed by atoms with Crippen LogP contribution in [0.15, 0.2) is 12.2 Å². The van der Waals surface area contributed by atoms with E-state index in [9.17, 15) is 4.79 Å². The molecule has 14 heavy (non-hydrogen) atoms. The lowest BCUT2D eigenvalue weighted by Gasteiger charge is -1.98. The molecular formula is C12H23NO. The number of unbranched alkanes of at least 4 members (excludes halogenated alkanes) is 2. The number of rotatable bonds is 7. The van der Waals surface area contributed by atoms with E-state index < -0.39 is 0 Å². The SMILES string of the molecule is CNC(=O)CCCC/C=C/CC(C)C. The van der Waals surface area contributed by atoms with Crippen LogP contribution in [0.4, 0.5) is 0 Å². The maximum atomic E-state index is 10.9. The van der Waals surface area contributed by atoms with Gasteiger partial charge < -0.3 is 5.32 Å². The minimum atomic E-state index is 0.149. The molecule has 0 bridgehead atoms. The molecule has 0 saturated carbocycles. The minimum Gasteiger partial charge on any atom is -0.359 e. The summed E-state index contributed by atoms with van der Waals surface area (Å²) in [6.07, 6.45) is 9.50. The van der Waals surface area contributed by atoms with Gasteiger partial charge in [0.05, 0.1) is 0 Å². The Hall–Kier alpha value is -0.790. The van der Waals surface area contributed by atoms with Crippen LogP contribution in [-0.2, 0) is 4.79 Å². The van der Waals surface area contributed by atoms with Crippen LogP contribution >= 0.6 is 0 Å². The second-order valence-electron chi connectivity index (χ2n) is 4.02. The summed E-state index contributed by atoms with van der Waals surface area (Å²) in [7, 11) is 1.69. The van der Waals surface area contributed by atoms with Crippen molar-refractivity contribution in [3.63, 3.8) is 0 Å². The van der Waals surface area contributed by atoms with E-state index in [0.717, 1.165) is 31.6 Å². The first-order valence-corrected chi connectivity index (χ1v) is 5.52. The number of carbonyl (C=O) groups excluding carboxylic acids is 1. The zero-order valence-corrected chi connectivity index (χ0v) is 9.68. The van der Waals surface area contributed by atoms with Gasteiger partial charge in [-0.2, -0.15) is 0 Å². The third kappa shape index (κ3) is 9.30. The summed E-state index contributed by atoms with van der Waals surface area (Å²) in [4.78, 5) is 10.9. The second kappa shape index (κ2) is 8.79. The number of amides is 1. The molecule has 0 aromatic carbocycles. The van der Waals surface area contributed by atoms with Gasteiger partial charge >= 0.3 is 0 Å². The van der Waals surface area contributed by atoms with Crippen molar-refractivity contribution in [1.82, 2.24) is 5.32 Å². The number of carbonyl (C=O) groups is 1. The first-order valence-electron chi connectivity index (χ1n) is 5.52. The van der Waals surface area contributed by atoms with Crippen LogP contribution in [0.25, 0.3) is 0 Å². The van der Waals surface area contributed by atoms with Crippen molar-refractivity contribution in [2.24, 2.45) is 5.92 Å². The fourth-order valence-corrected chi connectivity index (χ4v) is 1.16. The zero-order valence-electron chi connectivity index (χ0n) is 9.68. The Labute approximate surface area is 87.8 Å². The lowest BCUT2D eigenvalue weighted by atomic mass is 10.1. The first kappa shape index (κ1) is 13.2. The Morgan fingerprint density at radius 3 is 2.57 bits per heavy atom. The molecule has 0 rings (SSSR count). The molecule has 1 amide bonds. The van der Waals surface area contributed by atoms with Crippen LogP contribution in [0.2, 0.25) is 0 Å². The van der Waals surface area contributed by atoms with E-state index in [1.54, 1.807) is 7.05 Å². The van der Waals surface area contributed by atoms with Crippen molar-refractivity contribution in [3.8, 4) is 0 Å². The molecule has 0 fully saturated rings. The fraction of sp³-hybridized carbons (Fsp3) is 0.750. The highest BCUT2D eigenvalue weighted by molar-refractivity contribution is 5.75. The molecule has 2 heteroatoms. The summed E-state index contributed by atoms with van der Waals surface area (Å²) in [5.74, 6) is 0.897. The maximum absolute atomic E-state index is 10.9. The van der Waals surface area contributed by atoms with E-state index in [1.165, 1.54) is 0 Å². The van der Waals surface area contributed by atoms with E-state index in [1.807, 2.05) is 0 Å². The zero-order chi connectivity index (χ0) is 10.8. The molecule has 0 unspecified atom stereocenters. The minimum absolute atomic E-state index is 0.149. The van der Waals surface area contributed by atoms with Crippen LogP contribution in [0.1, 0.15) is 46.0 Å². The first-order chi connectivity index (χ1) is 6.66. The van der Waals surface area contributed by atoms with Gasteiger partial charge in [0.15, 0.2) is 0 Å². The average molecular weight is 197 g/mol. The molecule has 0 aromatic heterocycles. The molecule has 0 atom stereocenters. The molecule has 0 aliphatic rings. The van der Waals surface area contributed by atoms with Gasteiger partial charge in [-0.3, -0.25) is 4.79 Å². The van der Waals surface area contributed by atoms with Crippen LogP contribution in [-0.4, -0.2) is 13.0 Å². The lowest BCUT2D eigenvalue weighted by Crippen LogP contribution is -2.16. The highest BCUT2D eigenvalue weighted by Crippen LogP contribution is 2.04. The molecule has 0 spiro atoms. The maximum Gasteiger partial charge on any atom is 0.219 e. The van der Waals surface area contributed by atoms with Crippen molar-refractivity contribution in [1.29, 1.82) is 0 Å². The van der Waals surface area contributed by atoms with Gasteiger partial charge in [0, 0.05) is 13.5 Å². The van der Waals surface area contributed by atoms with Crippen LogP contribution in [0.5, 0.6) is 0 Å². The topological polar surface area (TPSA) is 29.1 Å². The van der Waals surface area contributed by atoms with Crippen molar-refractivity contribution in [2.75, 3.05) is 7.05 Å². The standard InChI is InChI=1S/C12H23NO/c1-11(2)9-7-5-4-6-8-10-12(14)13-3/h5,7,11H,4,6,8-10H2,1-3H3,(H,13,14)/b7-5+. The van der Waals surface area contributed by atoms with Gasteiger partial charge in [0.2, 0.25) is 5.91 Å². The Kier molecular flexibility index (Phi) is 8.30.